The highest BCUT2D eigenvalue weighted by Gasteiger charge is 2.21. The Morgan fingerprint density at radius 2 is 2.04 bits per heavy atom. The Balaban J connectivity index is 2.20. The molecule has 2 aromatic rings. The van der Waals surface area contributed by atoms with Crippen molar-refractivity contribution in [1.82, 2.24) is 15.1 Å². The smallest absolute Gasteiger partial charge is 0.326 e. The van der Waals surface area contributed by atoms with E-state index in [1.54, 1.807) is 0 Å². The van der Waals surface area contributed by atoms with Crippen molar-refractivity contribution < 1.29 is 19.1 Å². The minimum atomic E-state index is -1.10. The summed E-state index contributed by atoms with van der Waals surface area (Å²) in [5.41, 5.74) is 1.85. The van der Waals surface area contributed by atoms with Gasteiger partial charge in [-0.05, 0) is 44.5 Å². The Morgan fingerprint density at radius 1 is 1.32 bits per heavy atom. The summed E-state index contributed by atoms with van der Waals surface area (Å²) >= 11 is 0. The molecule has 2 N–H and O–H groups in total. The van der Waals surface area contributed by atoms with Gasteiger partial charge in [0.05, 0.1) is 5.69 Å². The molecule has 1 heterocycles. The molecule has 0 saturated carbocycles. The van der Waals surface area contributed by atoms with Gasteiger partial charge in [0.15, 0.2) is 0 Å². The van der Waals surface area contributed by atoms with Crippen molar-refractivity contribution in [2.45, 2.75) is 46.1 Å². The normalized spacial score (nSPS) is 12.0. The summed E-state index contributed by atoms with van der Waals surface area (Å²) in [6.45, 7) is 5.56. The molecule has 1 unspecified atom stereocenters. The number of carboxylic acids is 1. The van der Waals surface area contributed by atoms with E-state index in [9.17, 15) is 19.1 Å². The number of unbranched alkanes of at least 4 members (excludes halogenated alkanes) is 1. The molecular formula is C18H22FN3O3. The summed E-state index contributed by atoms with van der Waals surface area (Å²) in [5, 5.41) is 15.8. The maximum Gasteiger partial charge on any atom is 0.326 e. The van der Waals surface area contributed by atoms with Crippen LogP contribution in [0.3, 0.4) is 0 Å². The van der Waals surface area contributed by atoms with Crippen LogP contribution in [-0.2, 0) is 4.79 Å². The van der Waals surface area contributed by atoms with E-state index in [-0.39, 0.29) is 11.3 Å². The van der Waals surface area contributed by atoms with Crippen LogP contribution in [-0.4, -0.2) is 32.8 Å². The van der Waals surface area contributed by atoms with Crippen molar-refractivity contribution in [2.24, 2.45) is 0 Å². The molecule has 1 aromatic carbocycles. The van der Waals surface area contributed by atoms with Crippen LogP contribution < -0.4 is 5.32 Å². The molecule has 0 spiro atoms. The fourth-order valence-corrected chi connectivity index (χ4v) is 2.60. The predicted octanol–water partition coefficient (Wildman–Crippen LogP) is 3.00. The minimum absolute atomic E-state index is 0.0746. The third-order valence-corrected chi connectivity index (χ3v) is 3.90. The number of carbonyl (C=O) groups excluding carboxylic acids is 1. The zero-order chi connectivity index (χ0) is 18.6. The summed E-state index contributed by atoms with van der Waals surface area (Å²) in [5.74, 6) is -2.30. The number of aromatic nitrogens is 2. The summed E-state index contributed by atoms with van der Waals surface area (Å²) in [7, 11) is 0. The largest absolute Gasteiger partial charge is 0.480 e. The molecule has 25 heavy (non-hydrogen) atoms. The van der Waals surface area contributed by atoms with E-state index in [0.29, 0.717) is 12.8 Å². The van der Waals surface area contributed by atoms with Crippen molar-refractivity contribution in [2.75, 3.05) is 0 Å². The quantitative estimate of drug-likeness (QED) is 0.806. The molecule has 7 heteroatoms. The molecule has 0 aliphatic carbocycles. The number of aliphatic carboxylic acids is 1. The second-order valence-corrected chi connectivity index (χ2v) is 6.01. The molecule has 0 aliphatic rings. The number of rotatable bonds is 7. The first-order valence-corrected chi connectivity index (χ1v) is 8.20. The third-order valence-electron chi connectivity index (χ3n) is 3.90. The second-order valence-electron chi connectivity index (χ2n) is 6.01. The molecule has 0 bridgehead atoms. The Bertz CT molecular complexity index is 786. The number of halogens is 1. The van der Waals surface area contributed by atoms with Gasteiger partial charge in [-0.3, -0.25) is 4.79 Å². The summed E-state index contributed by atoms with van der Waals surface area (Å²) < 4.78 is 15.9. The van der Waals surface area contributed by atoms with E-state index >= 15 is 0 Å². The van der Waals surface area contributed by atoms with Crippen LogP contribution in [0.5, 0.6) is 0 Å². The minimum Gasteiger partial charge on any atom is -0.480 e. The van der Waals surface area contributed by atoms with Gasteiger partial charge in [-0.15, -0.1) is 0 Å². The van der Waals surface area contributed by atoms with Crippen LogP contribution in [0.25, 0.3) is 5.69 Å². The van der Waals surface area contributed by atoms with Gasteiger partial charge < -0.3 is 10.4 Å². The van der Waals surface area contributed by atoms with Crippen LogP contribution in [0.2, 0.25) is 0 Å². The lowest BCUT2D eigenvalue weighted by atomic mass is 10.1. The average molecular weight is 347 g/mol. The Hall–Kier alpha value is -2.70. The van der Waals surface area contributed by atoms with Crippen LogP contribution in [0.1, 0.15) is 47.9 Å². The number of carbonyl (C=O) groups is 2. The van der Waals surface area contributed by atoms with Gasteiger partial charge in [-0.2, -0.15) is 5.10 Å². The first-order valence-electron chi connectivity index (χ1n) is 8.20. The molecule has 1 aromatic heterocycles. The second kappa shape index (κ2) is 7.92. The topological polar surface area (TPSA) is 84.2 Å². The fraction of sp³-hybridized carbons (Fsp3) is 0.389. The highest BCUT2D eigenvalue weighted by atomic mass is 19.1. The van der Waals surface area contributed by atoms with Crippen LogP contribution >= 0.6 is 0 Å². The van der Waals surface area contributed by atoms with E-state index < -0.39 is 23.7 Å². The van der Waals surface area contributed by atoms with Gasteiger partial charge in [0.2, 0.25) is 0 Å². The molecule has 0 fully saturated rings. The summed E-state index contributed by atoms with van der Waals surface area (Å²) in [4.78, 5) is 23.4. The molecule has 134 valence electrons. The van der Waals surface area contributed by atoms with Crippen LogP contribution in [0.15, 0.2) is 24.3 Å². The number of benzene rings is 1. The first kappa shape index (κ1) is 18.6. The molecule has 1 atom stereocenters. The van der Waals surface area contributed by atoms with Crippen molar-refractivity contribution in [1.29, 1.82) is 0 Å². The maximum atomic E-state index is 14.4. The van der Waals surface area contributed by atoms with Crippen LogP contribution in [0, 0.1) is 19.7 Å². The standard InChI is InChI=1S/C18H22FN3O3/c1-4-5-6-15(18(24)25)20-17(23)13-7-8-16(14(19)10-13)22-12(3)9-11(2)21-22/h7-10,15H,4-6H2,1-3H3,(H,20,23)(H,24,25). The van der Waals surface area contributed by atoms with Gasteiger partial charge in [-0.1, -0.05) is 19.8 Å². The third kappa shape index (κ3) is 4.43. The van der Waals surface area contributed by atoms with Gasteiger partial charge in [-0.25, -0.2) is 13.9 Å². The van der Waals surface area contributed by atoms with E-state index in [2.05, 4.69) is 10.4 Å². The van der Waals surface area contributed by atoms with E-state index in [4.69, 9.17) is 0 Å². The number of hydrogen-bond donors (Lipinski definition) is 2. The molecule has 6 nitrogen and oxygen atoms in total. The molecule has 2 rings (SSSR count). The van der Waals surface area contributed by atoms with Crippen molar-refractivity contribution in [3.05, 3.63) is 47.0 Å². The zero-order valence-electron chi connectivity index (χ0n) is 14.5. The van der Waals surface area contributed by atoms with E-state index in [0.717, 1.165) is 23.9 Å². The lowest BCUT2D eigenvalue weighted by Gasteiger charge is -2.14. The lowest BCUT2D eigenvalue weighted by molar-refractivity contribution is -0.139. The Labute approximate surface area is 145 Å². The highest BCUT2D eigenvalue weighted by Crippen LogP contribution is 2.18. The van der Waals surface area contributed by atoms with Gasteiger partial charge in [0.1, 0.15) is 17.5 Å². The first-order chi connectivity index (χ1) is 11.8. The van der Waals surface area contributed by atoms with Crippen molar-refractivity contribution in [3.8, 4) is 5.69 Å². The number of amides is 1. The molecule has 1 amide bonds. The monoisotopic (exact) mass is 347 g/mol. The van der Waals surface area contributed by atoms with Crippen molar-refractivity contribution in [3.63, 3.8) is 0 Å². The summed E-state index contributed by atoms with van der Waals surface area (Å²) in [6, 6.07) is 4.87. The zero-order valence-corrected chi connectivity index (χ0v) is 14.5. The molecular weight excluding hydrogens is 325 g/mol. The Morgan fingerprint density at radius 3 is 2.56 bits per heavy atom. The fourth-order valence-electron chi connectivity index (χ4n) is 2.60. The number of carboxylic acid groups (broad SMARTS) is 1. The number of nitrogens with one attached hydrogen (secondary N) is 1. The van der Waals surface area contributed by atoms with Gasteiger partial charge in [0, 0.05) is 11.3 Å². The highest BCUT2D eigenvalue weighted by molar-refractivity contribution is 5.96. The lowest BCUT2D eigenvalue weighted by Crippen LogP contribution is -2.40. The molecule has 0 radical (unpaired) electrons. The van der Waals surface area contributed by atoms with E-state index in [1.165, 1.54) is 16.8 Å². The maximum absolute atomic E-state index is 14.4. The molecule has 0 aliphatic heterocycles. The van der Waals surface area contributed by atoms with Crippen molar-refractivity contribution >= 4 is 11.9 Å². The Kier molecular flexibility index (Phi) is 5.90. The van der Waals surface area contributed by atoms with Gasteiger partial charge in [0.25, 0.3) is 5.91 Å². The van der Waals surface area contributed by atoms with Gasteiger partial charge >= 0.3 is 5.97 Å². The SMILES string of the molecule is CCCCC(NC(=O)c1ccc(-n2nc(C)cc2C)c(F)c1)C(=O)O. The number of hydrogen-bond acceptors (Lipinski definition) is 3. The molecule has 0 saturated heterocycles. The number of aryl methyl sites for hydroxylation is 2. The number of nitrogens with zero attached hydrogens (tertiary/aromatic N) is 2. The van der Waals surface area contributed by atoms with Crippen LogP contribution in [0.4, 0.5) is 4.39 Å². The van der Waals surface area contributed by atoms with E-state index in [1.807, 2.05) is 26.8 Å². The summed E-state index contributed by atoms with van der Waals surface area (Å²) in [6.07, 6.45) is 1.85. The average Bonchev–Trinajstić information content (AvgIpc) is 2.89. The predicted molar refractivity (Wildman–Crippen MR) is 91.4 cm³/mol.